The molecule has 0 radical (unpaired) electrons. The van der Waals surface area contributed by atoms with Crippen molar-refractivity contribution in [3.8, 4) is 0 Å². The Balaban J connectivity index is 2.06. The Morgan fingerprint density at radius 3 is 2.63 bits per heavy atom. The first-order valence-corrected chi connectivity index (χ1v) is 7.55. The summed E-state index contributed by atoms with van der Waals surface area (Å²) in [6.07, 6.45) is 6.34. The van der Waals surface area contributed by atoms with Crippen molar-refractivity contribution in [2.75, 3.05) is 5.32 Å². The van der Waals surface area contributed by atoms with Crippen molar-refractivity contribution in [1.29, 1.82) is 0 Å². The first-order valence-electron chi connectivity index (χ1n) is 7.14. The zero-order chi connectivity index (χ0) is 13.8. The number of hydrogen-bond acceptors (Lipinski definition) is 3. The summed E-state index contributed by atoms with van der Waals surface area (Å²) < 4.78 is 0. The normalized spacial score (nSPS) is 23.1. The molecule has 1 aromatic heterocycles. The minimum atomic E-state index is 0.414. The van der Waals surface area contributed by atoms with Crippen LogP contribution in [0.1, 0.15) is 50.3 Å². The van der Waals surface area contributed by atoms with Gasteiger partial charge in [0.1, 0.15) is 10.8 Å². The zero-order valence-electron chi connectivity index (χ0n) is 11.8. The topological polar surface area (TPSA) is 50.9 Å². The molecule has 0 unspecified atom stereocenters. The number of nitrogens with one attached hydrogen (secondary N) is 1. The van der Waals surface area contributed by atoms with Gasteiger partial charge in [-0.3, -0.25) is 0 Å². The van der Waals surface area contributed by atoms with Crippen LogP contribution in [-0.4, -0.2) is 16.0 Å². The van der Waals surface area contributed by atoms with Gasteiger partial charge in [0.2, 0.25) is 0 Å². The van der Waals surface area contributed by atoms with Crippen LogP contribution < -0.4 is 11.1 Å². The lowest BCUT2D eigenvalue weighted by atomic mass is 9.84. The van der Waals surface area contributed by atoms with Crippen LogP contribution in [0.25, 0.3) is 0 Å². The van der Waals surface area contributed by atoms with E-state index in [2.05, 4.69) is 17.2 Å². The summed E-state index contributed by atoms with van der Waals surface area (Å²) in [5.41, 5.74) is 7.61. The van der Waals surface area contributed by atoms with Crippen molar-refractivity contribution in [3.05, 3.63) is 23.4 Å². The smallest absolute Gasteiger partial charge is 0.136 e. The zero-order valence-corrected chi connectivity index (χ0v) is 12.6. The van der Waals surface area contributed by atoms with Gasteiger partial charge in [-0.1, -0.05) is 25.6 Å². The molecule has 2 rings (SSSR count). The van der Waals surface area contributed by atoms with E-state index in [0.29, 0.717) is 11.0 Å². The summed E-state index contributed by atoms with van der Waals surface area (Å²) in [6.45, 7) is 4.27. The van der Waals surface area contributed by atoms with Crippen molar-refractivity contribution in [1.82, 2.24) is 4.98 Å². The number of hydrogen-bond donors (Lipinski definition) is 2. The van der Waals surface area contributed by atoms with Crippen LogP contribution in [0.3, 0.4) is 0 Å². The summed E-state index contributed by atoms with van der Waals surface area (Å²) in [7, 11) is 0. The fourth-order valence-electron chi connectivity index (χ4n) is 2.77. The van der Waals surface area contributed by atoms with Gasteiger partial charge in [0.05, 0.1) is 5.56 Å². The van der Waals surface area contributed by atoms with E-state index in [9.17, 15) is 0 Å². The molecule has 0 aromatic carbocycles. The summed E-state index contributed by atoms with van der Waals surface area (Å²) in [5.74, 6) is 1.76. The van der Waals surface area contributed by atoms with E-state index >= 15 is 0 Å². The van der Waals surface area contributed by atoms with Crippen LogP contribution in [0.4, 0.5) is 5.82 Å². The molecule has 1 heterocycles. The highest BCUT2D eigenvalue weighted by Crippen LogP contribution is 2.28. The van der Waals surface area contributed by atoms with Gasteiger partial charge in [-0.15, -0.1) is 0 Å². The number of pyridine rings is 1. The van der Waals surface area contributed by atoms with Crippen molar-refractivity contribution >= 4 is 23.0 Å². The second-order valence-electron chi connectivity index (χ2n) is 5.48. The Morgan fingerprint density at radius 1 is 1.37 bits per heavy atom. The number of aromatic nitrogens is 1. The van der Waals surface area contributed by atoms with Crippen molar-refractivity contribution in [2.45, 2.75) is 52.0 Å². The van der Waals surface area contributed by atoms with E-state index in [1.807, 2.05) is 19.1 Å². The van der Waals surface area contributed by atoms with E-state index in [1.165, 1.54) is 32.1 Å². The molecule has 0 atom stereocenters. The van der Waals surface area contributed by atoms with Gasteiger partial charge in [-0.25, -0.2) is 4.98 Å². The third kappa shape index (κ3) is 3.66. The summed E-state index contributed by atoms with van der Waals surface area (Å²) >= 11 is 5.10. The van der Waals surface area contributed by atoms with Crippen molar-refractivity contribution < 1.29 is 0 Å². The van der Waals surface area contributed by atoms with Gasteiger partial charge in [0.15, 0.2) is 0 Å². The molecule has 0 saturated heterocycles. The van der Waals surface area contributed by atoms with Gasteiger partial charge in [-0.05, 0) is 50.7 Å². The molecule has 4 heteroatoms. The first kappa shape index (κ1) is 14.3. The van der Waals surface area contributed by atoms with Gasteiger partial charge < -0.3 is 11.1 Å². The lowest BCUT2D eigenvalue weighted by Crippen LogP contribution is -2.28. The monoisotopic (exact) mass is 277 g/mol. The largest absolute Gasteiger partial charge is 0.389 e. The highest BCUT2D eigenvalue weighted by molar-refractivity contribution is 7.80. The minimum Gasteiger partial charge on any atom is -0.389 e. The first-order chi connectivity index (χ1) is 9.10. The Bertz CT molecular complexity index is 451. The van der Waals surface area contributed by atoms with E-state index < -0.39 is 0 Å². The van der Waals surface area contributed by atoms with E-state index in [1.54, 1.807) is 0 Å². The third-order valence-electron chi connectivity index (χ3n) is 4.06. The lowest BCUT2D eigenvalue weighted by molar-refractivity contribution is 0.330. The average Bonchev–Trinajstić information content (AvgIpc) is 2.39. The van der Waals surface area contributed by atoms with Crippen LogP contribution >= 0.6 is 12.2 Å². The van der Waals surface area contributed by atoms with Crippen LogP contribution in [0, 0.1) is 12.8 Å². The quantitative estimate of drug-likeness (QED) is 0.828. The number of nitrogens with zero attached hydrogens (tertiary/aromatic N) is 1. The van der Waals surface area contributed by atoms with Gasteiger partial charge >= 0.3 is 0 Å². The Hall–Kier alpha value is -1.16. The molecule has 3 nitrogen and oxygen atoms in total. The SMILES string of the molecule is CCC1CCC(Nc2nc(C)ccc2C(N)=S)CC1. The maximum atomic E-state index is 5.76. The predicted molar refractivity (Wildman–Crippen MR) is 84.5 cm³/mol. The van der Waals surface area contributed by atoms with Crippen LogP contribution in [0.5, 0.6) is 0 Å². The number of thiocarbonyl (C=S) groups is 1. The number of aryl methyl sites for hydroxylation is 1. The van der Waals surface area contributed by atoms with Crippen LogP contribution in [0.2, 0.25) is 0 Å². The maximum Gasteiger partial charge on any atom is 0.136 e. The molecular formula is C15H23N3S. The molecule has 3 N–H and O–H groups in total. The molecule has 19 heavy (non-hydrogen) atoms. The van der Waals surface area contributed by atoms with Gasteiger partial charge in [-0.2, -0.15) is 0 Å². The lowest BCUT2D eigenvalue weighted by Gasteiger charge is -2.29. The van der Waals surface area contributed by atoms with Crippen LogP contribution in [0.15, 0.2) is 12.1 Å². The number of nitrogens with two attached hydrogens (primary N) is 1. The van der Waals surface area contributed by atoms with Gasteiger partial charge in [0, 0.05) is 11.7 Å². The third-order valence-corrected chi connectivity index (χ3v) is 4.28. The number of anilines is 1. The second-order valence-corrected chi connectivity index (χ2v) is 5.92. The summed E-state index contributed by atoms with van der Waals surface area (Å²) in [5, 5.41) is 3.54. The molecule has 1 saturated carbocycles. The highest BCUT2D eigenvalue weighted by Gasteiger charge is 2.21. The fraction of sp³-hybridized carbons (Fsp3) is 0.600. The average molecular weight is 277 g/mol. The second kappa shape index (κ2) is 6.33. The van der Waals surface area contributed by atoms with Gasteiger partial charge in [0.25, 0.3) is 0 Å². The molecule has 0 amide bonds. The van der Waals surface area contributed by atoms with Crippen molar-refractivity contribution in [3.63, 3.8) is 0 Å². The van der Waals surface area contributed by atoms with Crippen LogP contribution in [-0.2, 0) is 0 Å². The Morgan fingerprint density at radius 2 is 2.05 bits per heavy atom. The molecule has 0 spiro atoms. The summed E-state index contributed by atoms with van der Waals surface area (Å²) in [6, 6.07) is 4.42. The van der Waals surface area contributed by atoms with Crippen molar-refractivity contribution in [2.24, 2.45) is 11.7 Å². The minimum absolute atomic E-state index is 0.414. The molecule has 1 aliphatic rings. The van der Waals surface area contributed by atoms with E-state index in [4.69, 9.17) is 18.0 Å². The molecule has 0 aliphatic heterocycles. The standard InChI is InChI=1S/C15H23N3S/c1-3-11-5-7-12(8-6-11)18-15-13(14(16)19)9-4-10(2)17-15/h4,9,11-12H,3,5-8H2,1-2H3,(H2,16,19)(H,17,18). The fourth-order valence-corrected chi connectivity index (χ4v) is 2.94. The Labute approximate surface area is 121 Å². The predicted octanol–water partition coefficient (Wildman–Crippen LogP) is 3.40. The summed E-state index contributed by atoms with van der Waals surface area (Å²) in [4.78, 5) is 4.96. The molecule has 0 bridgehead atoms. The van der Waals surface area contributed by atoms with E-state index in [0.717, 1.165) is 23.0 Å². The maximum absolute atomic E-state index is 5.76. The number of rotatable bonds is 4. The van der Waals surface area contributed by atoms with E-state index in [-0.39, 0.29) is 0 Å². The molecule has 1 fully saturated rings. The molecular weight excluding hydrogens is 254 g/mol. The molecule has 1 aromatic rings. The molecule has 1 aliphatic carbocycles. The Kier molecular flexibility index (Phi) is 4.75. The molecule has 104 valence electrons. The highest BCUT2D eigenvalue weighted by atomic mass is 32.1.